The van der Waals surface area contributed by atoms with Crippen LogP contribution in [0.5, 0.6) is 0 Å². The van der Waals surface area contributed by atoms with Crippen LogP contribution in [-0.4, -0.2) is 11.1 Å². The SMILES string of the molecule is CC(C)Cc1ncc(C2CCC2)cc1N=C=O. The molecule has 1 aromatic rings. The van der Waals surface area contributed by atoms with Crippen molar-refractivity contribution in [2.75, 3.05) is 0 Å². The maximum absolute atomic E-state index is 10.5. The molecule has 0 radical (unpaired) electrons. The Morgan fingerprint density at radius 2 is 2.29 bits per heavy atom. The third-order valence-corrected chi connectivity index (χ3v) is 3.31. The Bertz CT molecular complexity index is 444. The van der Waals surface area contributed by atoms with Crippen LogP contribution < -0.4 is 0 Å². The van der Waals surface area contributed by atoms with Crippen LogP contribution in [0.25, 0.3) is 0 Å². The van der Waals surface area contributed by atoms with Crippen molar-refractivity contribution < 1.29 is 4.79 Å². The Morgan fingerprint density at radius 1 is 1.53 bits per heavy atom. The number of hydrogen-bond acceptors (Lipinski definition) is 3. The standard InChI is InChI=1S/C14H18N2O/c1-10(2)6-13-14(16-9-17)7-12(8-15-13)11-4-3-5-11/h7-8,10-11H,3-6H2,1-2H3. The molecule has 0 aliphatic heterocycles. The summed E-state index contributed by atoms with van der Waals surface area (Å²) in [6, 6.07) is 2.01. The Kier molecular flexibility index (Phi) is 3.70. The van der Waals surface area contributed by atoms with Gasteiger partial charge < -0.3 is 0 Å². The predicted octanol–water partition coefficient (Wildman–Crippen LogP) is 3.51. The van der Waals surface area contributed by atoms with Gasteiger partial charge in [0.2, 0.25) is 6.08 Å². The lowest BCUT2D eigenvalue weighted by atomic mass is 9.80. The fraction of sp³-hybridized carbons (Fsp3) is 0.571. The van der Waals surface area contributed by atoms with Crippen LogP contribution >= 0.6 is 0 Å². The van der Waals surface area contributed by atoms with Crippen LogP contribution in [0.4, 0.5) is 5.69 Å². The number of nitrogens with zero attached hydrogens (tertiary/aromatic N) is 2. The molecule has 0 unspecified atom stereocenters. The zero-order valence-electron chi connectivity index (χ0n) is 10.4. The molecular weight excluding hydrogens is 212 g/mol. The summed E-state index contributed by atoms with van der Waals surface area (Å²) in [7, 11) is 0. The van der Waals surface area contributed by atoms with Crippen molar-refractivity contribution in [3.8, 4) is 0 Å². The normalized spacial score (nSPS) is 15.5. The van der Waals surface area contributed by atoms with E-state index in [2.05, 4.69) is 23.8 Å². The van der Waals surface area contributed by atoms with Gasteiger partial charge in [0, 0.05) is 6.20 Å². The average Bonchev–Trinajstić information content (AvgIpc) is 2.19. The number of isocyanates is 1. The summed E-state index contributed by atoms with van der Waals surface area (Å²) < 4.78 is 0. The molecule has 1 fully saturated rings. The van der Waals surface area contributed by atoms with Gasteiger partial charge >= 0.3 is 0 Å². The van der Waals surface area contributed by atoms with Gasteiger partial charge in [-0.25, -0.2) is 4.79 Å². The number of hydrogen-bond donors (Lipinski definition) is 0. The van der Waals surface area contributed by atoms with Gasteiger partial charge in [0.05, 0.1) is 11.4 Å². The maximum Gasteiger partial charge on any atom is 0.240 e. The van der Waals surface area contributed by atoms with Gasteiger partial charge in [-0.05, 0) is 42.7 Å². The van der Waals surface area contributed by atoms with Crippen molar-refractivity contribution in [1.82, 2.24) is 4.98 Å². The second-order valence-electron chi connectivity index (χ2n) is 5.16. The molecule has 1 heterocycles. The molecule has 3 nitrogen and oxygen atoms in total. The molecule has 1 aliphatic carbocycles. The Morgan fingerprint density at radius 3 is 2.82 bits per heavy atom. The fourth-order valence-corrected chi connectivity index (χ4v) is 2.15. The van der Waals surface area contributed by atoms with Gasteiger partial charge in [-0.1, -0.05) is 20.3 Å². The second-order valence-corrected chi connectivity index (χ2v) is 5.16. The van der Waals surface area contributed by atoms with E-state index in [1.807, 2.05) is 12.3 Å². The number of carbonyl (C=O) groups excluding carboxylic acids is 1. The van der Waals surface area contributed by atoms with Gasteiger partial charge in [-0.15, -0.1) is 0 Å². The molecule has 0 amide bonds. The highest BCUT2D eigenvalue weighted by Gasteiger charge is 2.21. The molecule has 90 valence electrons. The van der Waals surface area contributed by atoms with Gasteiger partial charge in [0.25, 0.3) is 0 Å². The molecule has 0 aromatic carbocycles. The van der Waals surface area contributed by atoms with Crippen LogP contribution in [-0.2, 0) is 11.2 Å². The van der Waals surface area contributed by atoms with E-state index in [1.54, 1.807) is 6.08 Å². The summed E-state index contributed by atoms with van der Waals surface area (Å²) in [5.41, 5.74) is 2.84. The van der Waals surface area contributed by atoms with Gasteiger partial charge in [0.15, 0.2) is 0 Å². The topological polar surface area (TPSA) is 42.3 Å². The van der Waals surface area contributed by atoms with Crippen LogP contribution in [0, 0.1) is 5.92 Å². The van der Waals surface area contributed by atoms with Crippen LogP contribution in [0.2, 0.25) is 0 Å². The van der Waals surface area contributed by atoms with Crippen LogP contribution in [0.15, 0.2) is 17.3 Å². The van der Waals surface area contributed by atoms with E-state index < -0.39 is 0 Å². The van der Waals surface area contributed by atoms with E-state index in [0.717, 1.165) is 12.1 Å². The first-order valence-corrected chi connectivity index (χ1v) is 6.27. The van der Waals surface area contributed by atoms with Crippen molar-refractivity contribution in [3.63, 3.8) is 0 Å². The van der Waals surface area contributed by atoms with Gasteiger partial charge in [-0.3, -0.25) is 4.98 Å². The zero-order chi connectivity index (χ0) is 12.3. The zero-order valence-corrected chi connectivity index (χ0v) is 10.4. The average molecular weight is 230 g/mol. The minimum Gasteiger partial charge on any atom is -0.259 e. The quantitative estimate of drug-likeness (QED) is 0.586. The van der Waals surface area contributed by atoms with Gasteiger partial charge in [-0.2, -0.15) is 4.99 Å². The Labute approximate surface area is 102 Å². The molecule has 3 heteroatoms. The largest absolute Gasteiger partial charge is 0.259 e. The molecule has 2 rings (SSSR count). The van der Waals surface area contributed by atoms with E-state index in [4.69, 9.17) is 0 Å². The van der Waals surface area contributed by atoms with E-state index in [-0.39, 0.29) is 0 Å². The molecule has 1 aromatic heterocycles. The van der Waals surface area contributed by atoms with Gasteiger partial charge in [0.1, 0.15) is 0 Å². The summed E-state index contributed by atoms with van der Waals surface area (Å²) in [4.78, 5) is 18.7. The van der Waals surface area contributed by atoms with E-state index in [9.17, 15) is 4.79 Å². The number of aliphatic imine (C=N–C) groups is 1. The first kappa shape index (κ1) is 12.0. The molecule has 0 saturated heterocycles. The number of aromatic nitrogens is 1. The first-order valence-electron chi connectivity index (χ1n) is 6.27. The van der Waals surface area contributed by atoms with E-state index >= 15 is 0 Å². The summed E-state index contributed by atoms with van der Waals surface area (Å²) in [5, 5.41) is 0. The maximum atomic E-state index is 10.5. The minimum absolute atomic E-state index is 0.512. The highest BCUT2D eigenvalue weighted by atomic mass is 16.1. The summed E-state index contributed by atoms with van der Waals surface area (Å²) in [6.07, 6.45) is 8.20. The molecule has 1 aliphatic rings. The summed E-state index contributed by atoms with van der Waals surface area (Å²) >= 11 is 0. The lowest BCUT2D eigenvalue weighted by Crippen LogP contribution is -2.09. The molecule has 0 spiro atoms. The lowest BCUT2D eigenvalue weighted by Gasteiger charge is -2.25. The predicted molar refractivity (Wildman–Crippen MR) is 67.2 cm³/mol. The van der Waals surface area contributed by atoms with E-state index in [0.29, 0.717) is 17.5 Å². The second kappa shape index (κ2) is 5.24. The molecule has 17 heavy (non-hydrogen) atoms. The highest BCUT2D eigenvalue weighted by Crippen LogP contribution is 2.37. The minimum atomic E-state index is 0.512. The Balaban J connectivity index is 2.29. The summed E-state index contributed by atoms with van der Waals surface area (Å²) in [5.74, 6) is 1.13. The third kappa shape index (κ3) is 2.80. The lowest BCUT2D eigenvalue weighted by molar-refractivity contribution is 0.418. The Hall–Kier alpha value is -1.47. The number of pyridine rings is 1. The number of rotatable bonds is 4. The van der Waals surface area contributed by atoms with Crippen molar-refractivity contribution in [1.29, 1.82) is 0 Å². The smallest absolute Gasteiger partial charge is 0.240 e. The van der Waals surface area contributed by atoms with Crippen LogP contribution in [0.1, 0.15) is 50.3 Å². The van der Waals surface area contributed by atoms with Crippen LogP contribution in [0.3, 0.4) is 0 Å². The molecule has 0 N–H and O–H groups in total. The molecule has 0 bridgehead atoms. The first-order chi connectivity index (χ1) is 8.20. The van der Waals surface area contributed by atoms with Crippen molar-refractivity contribution in [2.24, 2.45) is 10.9 Å². The summed E-state index contributed by atoms with van der Waals surface area (Å²) in [6.45, 7) is 4.27. The van der Waals surface area contributed by atoms with Crippen molar-refractivity contribution >= 4 is 11.8 Å². The van der Waals surface area contributed by atoms with Crippen molar-refractivity contribution in [3.05, 3.63) is 23.5 Å². The molecule has 1 saturated carbocycles. The molecular formula is C14H18N2O. The van der Waals surface area contributed by atoms with Crippen molar-refractivity contribution in [2.45, 2.75) is 45.4 Å². The fourth-order valence-electron chi connectivity index (χ4n) is 2.15. The highest BCUT2D eigenvalue weighted by molar-refractivity contribution is 5.53. The molecule has 0 atom stereocenters. The monoisotopic (exact) mass is 230 g/mol. The van der Waals surface area contributed by atoms with E-state index in [1.165, 1.54) is 24.8 Å². The third-order valence-electron chi connectivity index (χ3n) is 3.31.